The van der Waals surface area contributed by atoms with Crippen molar-refractivity contribution in [3.8, 4) is 0 Å². The number of hydrogen-bond acceptors (Lipinski definition) is 3. The first-order chi connectivity index (χ1) is 9.52. The van der Waals surface area contributed by atoms with E-state index in [-0.39, 0.29) is 10.9 Å². The molecule has 100 valence electrons. The molecule has 20 heavy (non-hydrogen) atoms. The zero-order valence-electron chi connectivity index (χ0n) is 11.2. The fourth-order valence-corrected chi connectivity index (χ4v) is 2.70. The molecule has 0 aliphatic heterocycles. The van der Waals surface area contributed by atoms with E-state index in [1.807, 2.05) is 36.4 Å². The molecule has 2 nitrogen and oxygen atoms in total. The minimum atomic E-state index is -0.182. The molecule has 2 rings (SSSR count). The Labute approximate surface area is 122 Å². The third kappa shape index (κ3) is 2.89. The number of ketones is 1. The molecule has 2 aromatic carbocycles. The molecule has 0 saturated carbocycles. The molecule has 0 amide bonds. The predicted molar refractivity (Wildman–Crippen MR) is 84.7 cm³/mol. The van der Waals surface area contributed by atoms with Crippen LogP contribution < -0.4 is 0 Å². The van der Waals surface area contributed by atoms with Gasteiger partial charge in [-0.1, -0.05) is 49.2 Å². The molecule has 0 fully saturated rings. The van der Waals surface area contributed by atoms with Gasteiger partial charge in [0.05, 0.1) is 0 Å². The van der Waals surface area contributed by atoms with Crippen molar-refractivity contribution in [3.05, 3.63) is 61.2 Å². The predicted octanol–water partition coefficient (Wildman–Crippen LogP) is 4.25. The SMILES string of the molecule is C=CC(=O)C(=C)c1ccc2c(SC(C)=O)cccc2c1. The molecule has 0 N–H and O–H groups in total. The van der Waals surface area contributed by atoms with Gasteiger partial charge in [0.2, 0.25) is 0 Å². The van der Waals surface area contributed by atoms with Crippen molar-refractivity contribution in [3.63, 3.8) is 0 Å². The van der Waals surface area contributed by atoms with E-state index in [0.29, 0.717) is 5.57 Å². The number of thioether (sulfide) groups is 1. The lowest BCUT2D eigenvalue weighted by Gasteiger charge is -2.07. The van der Waals surface area contributed by atoms with Crippen molar-refractivity contribution in [2.24, 2.45) is 0 Å². The fraction of sp³-hybridized carbons (Fsp3) is 0.0588. The largest absolute Gasteiger partial charge is 0.289 e. The lowest BCUT2D eigenvalue weighted by molar-refractivity contribution is -0.110. The van der Waals surface area contributed by atoms with Crippen LogP contribution in [0.4, 0.5) is 0 Å². The maximum Gasteiger partial charge on any atom is 0.190 e. The summed E-state index contributed by atoms with van der Waals surface area (Å²) in [4.78, 5) is 23.8. The summed E-state index contributed by atoms with van der Waals surface area (Å²) in [6.45, 7) is 8.80. The molecule has 0 aliphatic rings. The monoisotopic (exact) mass is 282 g/mol. The first kappa shape index (κ1) is 14.3. The van der Waals surface area contributed by atoms with Crippen LogP contribution in [0.2, 0.25) is 0 Å². The van der Waals surface area contributed by atoms with Crippen LogP contribution in [0.5, 0.6) is 0 Å². The molecule has 0 spiro atoms. The fourth-order valence-electron chi connectivity index (χ4n) is 1.95. The van der Waals surface area contributed by atoms with Gasteiger partial charge in [-0.15, -0.1) is 0 Å². The second-order valence-electron chi connectivity index (χ2n) is 4.33. The Morgan fingerprint density at radius 3 is 2.60 bits per heavy atom. The smallest absolute Gasteiger partial charge is 0.190 e. The van der Waals surface area contributed by atoms with Gasteiger partial charge in [-0.2, -0.15) is 0 Å². The Kier molecular flexibility index (Phi) is 4.20. The molecule has 3 heteroatoms. The highest BCUT2D eigenvalue weighted by molar-refractivity contribution is 8.13. The number of carbonyl (C=O) groups is 2. The Balaban J connectivity index is 2.51. The third-order valence-corrected chi connectivity index (χ3v) is 3.79. The second-order valence-corrected chi connectivity index (χ2v) is 5.55. The summed E-state index contributed by atoms with van der Waals surface area (Å²) in [5, 5.41) is 2.02. The van der Waals surface area contributed by atoms with Gasteiger partial charge in [0.15, 0.2) is 10.9 Å². The van der Waals surface area contributed by atoms with Crippen molar-refractivity contribution in [2.75, 3.05) is 0 Å². The summed E-state index contributed by atoms with van der Waals surface area (Å²) < 4.78 is 0. The number of carbonyl (C=O) groups excluding carboxylic acids is 2. The Hall–Kier alpha value is -2.13. The molecular weight excluding hydrogens is 268 g/mol. The van der Waals surface area contributed by atoms with Crippen molar-refractivity contribution >= 4 is 39.0 Å². The van der Waals surface area contributed by atoms with Crippen LogP contribution in [-0.4, -0.2) is 10.9 Å². The molecule has 0 heterocycles. The Morgan fingerprint density at radius 2 is 1.95 bits per heavy atom. The highest BCUT2D eigenvalue weighted by atomic mass is 32.2. The first-order valence-electron chi connectivity index (χ1n) is 6.10. The number of rotatable bonds is 4. The van der Waals surface area contributed by atoms with Crippen LogP contribution >= 0.6 is 11.8 Å². The zero-order chi connectivity index (χ0) is 14.7. The quantitative estimate of drug-likeness (QED) is 0.621. The van der Waals surface area contributed by atoms with Gasteiger partial charge in [0.1, 0.15) is 0 Å². The number of fused-ring (bicyclic) bond motifs is 1. The van der Waals surface area contributed by atoms with Gasteiger partial charge < -0.3 is 0 Å². The van der Waals surface area contributed by atoms with Crippen LogP contribution in [0.3, 0.4) is 0 Å². The number of allylic oxidation sites excluding steroid dienone is 2. The third-order valence-electron chi connectivity index (χ3n) is 2.93. The minimum Gasteiger partial charge on any atom is -0.289 e. The van der Waals surface area contributed by atoms with Crippen LogP contribution in [0.1, 0.15) is 12.5 Å². The van der Waals surface area contributed by atoms with Gasteiger partial charge >= 0.3 is 0 Å². The maximum absolute atomic E-state index is 11.6. The van der Waals surface area contributed by atoms with Crippen LogP contribution in [0, 0.1) is 0 Å². The van der Waals surface area contributed by atoms with Gasteiger partial charge in [-0.3, -0.25) is 9.59 Å². The van der Waals surface area contributed by atoms with Gasteiger partial charge in [0.25, 0.3) is 0 Å². The van der Waals surface area contributed by atoms with E-state index in [1.54, 1.807) is 6.92 Å². The highest BCUT2D eigenvalue weighted by Crippen LogP contribution is 2.30. The standard InChI is InChI=1S/C17H14O2S/c1-4-16(19)11(2)13-8-9-15-14(10-13)6-5-7-17(15)20-12(3)18/h4-10H,1-2H2,3H3. The van der Waals surface area contributed by atoms with Gasteiger partial charge in [0, 0.05) is 17.4 Å². The normalized spacial score (nSPS) is 10.2. The van der Waals surface area contributed by atoms with E-state index in [4.69, 9.17) is 0 Å². The summed E-state index contributed by atoms with van der Waals surface area (Å²) in [6, 6.07) is 11.4. The summed E-state index contributed by atoms with van der Waals surface area (Å²) in [6.07, 6.45) is 1.26. The first-order valence-corrected chi connectivity index (χ1v) is 6.92. The molecule has 0 radical (unpaired) electrons. The lowest BCUT2D eigenvalue weighted by Crippen LogP contribution is -1.95. The van der Waals surface area contributed by atoms with Gasteiger partial charge in [-0.05, 0) is 34.5 Å². The Morgan fingerprint density at radius 1 is 1.20 bits per heavy atom. The van der Waals surface area contributed by atoms with Crippen LogP contribution in [0.25, 0.3) is 16.3 Å². The van der Waals surface area contributed by atoms with E-state index in [0.717, 1.165) is 21.2 Å². The van der Waals surface area contributed by atoms with Crippen LogP contribution in [0.15, 0.2) is 60.5 Å². The summed E-state index contributed by atoms with van der Waals surface area (Å²) in [7, 11) is 0. The molecule has 2 aromatic rings. The Bertz CT molecular complexity index is 729. The molecule has 0 unspecified atom stereocenters. The van der Waals surface area contributed by atoms with E-state index in [9.17, 15) is 9.59 Å². The molecule has 0 bridgehead atoms. The minimum absolute atomic E-state index is 0.0489. The summed E-state index contributed by atoms with van der Waals surface area (Å²) in [5.74, 6) is -0.182. The zero-order valence-corrected chi connectivity index (χ0v) is 12.0. The van der Waals surface area contributed by atoms with Crippen molar-refractivity contribution in [1.82, 2.24) is 0 Å². The van der Waals surface area contributed by atoms with Crippen molar-refractivity contribution < 1.29 is 9.59 Å². The lowest BCUT2D eigenvalue weighted by atomic mass is 10.00. The molecule has 0 atom stereocenters. The van der Waals surface area contributed by atoms with E-state index in [1.165, 1.54) is 17.8 Å². The van der Waals surface area contributed by atoms with E-state index >= 15 is 0 Å². The maximum atomic E-state index is 11.6. The topological polar surface area (TPSA) is 34.1 Å². The molecule has 0 saturated heterocycles. The highest BCUT2D eigenvalue weighted by Gasteiger charge is 2.09. The average molecular weight is 282 g/mol. The molecule has 0 aromatic heterocycles. The van der Waals surface area contributed by atoms with E-state index < -0.39 is 0 Å². The second kappa shape index (κ2) is 5.88. The number of hydrogen-bond donors (Lipinski definition) is 0. The molecular formula is C17H14O2S. The van der Waals surface area contributed by atoms with Gasteiger partial charge in [-0.25, -0.2) is 0 Å². The number of benzene rings is 2. The average Bonchev–Trinajstić information content (AvgIpc) is 2.44. The van der Waals surface area contributed by atoms with Crippen molar-refractivity contribution in [1.29, 1.82) is 0 Å². The summed E-state index contributed by atoms with van der Waals surface area (Å²) in [5.41, 5.74) is 1.19. The molecule has 0 aliphatic carbocycles. The van der Waals surface area contributed by atoms with Crippen LogP contribution in [-0.2, 0) is 9.59 Å². The van der Waals surface area contributed by atoms with E-state index in [2.05, 4.69) is 13.2 Å². The van der Waals surface area contributed by atoms with Crippen molar-refractivity contribution in [2.45, 2.75) is 11.8 Å². The summed E-state index contributed by atoms with van der Waals surface area (Å²) >= 11 is 1.21.